The minimum Gasteiger partial charge on any atom is -0.425 e. The van der Waals surface area contributed by atoms with Gasteiger partial charge in [-0.2, -0.15) is 0 Å². The van der Waals surface area contributed by atoms with E-state index in [1.165, 1.54) is 0 Å². The molecule has 5 heteroatoms. The lowest BCUT2D eigenvalue weighted by Crippen LogP contribution is -2.31. The summed E-state index contributed by atoms with van der Waals surface area (Å²) in [6, 6.07) is -1.22. The molecular formula is C3H9BO4. The molecule has 0 aromatic heterocycles. The first-order valence-electron chi connectivity index (χ1n) is 2.33. The van der Waals surface area contributed by atoms with Crippen LogP contribution in [0.15, 0.2) is 0 Å². The Morgan fingerprint density at radius 1 is 1.38 bits per heavy atom. The first-order chi connectivity index (χ1) is 3.68. The van der Waals surface area contributed by atoms with Gasteiger partial charge >= 0.3 is 7.12 Å². The van der Waals surface area contributed by atoms with Crippen LogP contribution in [-0.2, 0) is 0 Å². The molecular weight excluding hydrogens is 111 g/mol. The zero-order valence-corrected chi connectivity index (χ0v) is 4.36. The van der Waals surface area contributed by atoms with Crippen LogP contribution >= 0.6 is 0 Å². The molecule has 0 saturated carbocycles. The van der Waals surface area contributed by atoms with Gasteiger partial charge in [0.25, 0.3) is 0 Å². The molecule has 4 N–H and O–H groups in total. The molecule has 0 radical (unpaired) electrons. The van der Waals surface area contributed by atoms with Gasteiger partial charge in [0.15, 0.2) is 0 Å². The Morgan fingerprint density at radius 3 is 2.00 bits per heavy atom. The van der Waals surface area contributed by atoms with Crippen molar-refractivity contribution in [3.05, 3.63) is 0 Å². The standard InChI is InChI=1S/C3H9BO4/c5-2-1-3(6)4(7)8/h3,5-8H,1-2H2. The van der Waals surface area contributed by atoms with Crippen molar-refractivity contribution >= 4 is 7.12 Å². The lowest BCUT2D eigenvalue weighted by atomic mass is 9.81. The number of aliphatic hydroxyl groups is 2. The minimum absolute atomic E-state index is 0.00231. The van der Waals surface area contributed by atoms with Gasteiger partial charge in [0.05, 0.1) is 6.00 Å². The molecule has 0 heterocycles. The summed E-state index contributed by atoms with van der Waals surface area (Å²) in [5.41, 5.74) is 0. The molecule has 4 nitrogen and oxygen atoms in total. The second-order valence-corrected chi connectivity index (χ2v) is 1.49. The summed E-state index contributed by atoms with van der Waals surface area (Å²) in [5.74, 6) is 0. The Balaban J connectivity index is 3.17. The molecule has 0 aliphatic heterocycles. The van der Waals surface area contributed by atoms with Crippen LogP contribution < -0.4 is 0 Å². The fourth-order valence-electron chi connectivity index (χ4n) is 0.281. The molecule has 0 spiro atoms. The highest BCUT2D eigenvalue weighted by Crippen LogP contribution is 1.89. The second-order valence-electron chi connectivity index (χ2n) is 1.49. The van der Waals surface area contributed by atoms with E-state index >= 15 is 0 Å². The number of hydrogen-bond donors (Lipinski definition) is 4. The predicted molar refractivity (Wildman–Crippen MR) is 27.9 cm³/mol. The molecule has 0 aliphatic rings. The fraction of sp³-hybridized carbons (Fsp3) is 1.00. The van der Waals surface area contributed by atoms with Crippen LogP contribution in [-0.4, -0.2) is 40.0 Å². The van der Waals surface area contributed by atoms with Gasteiger partial charge < -0.3 is 20.3 Å². The van der Waals surface area contributed by atoms with E-state index in [0.29, 0.717) is 0 Å². The normalized spacial score (nSPS) is 13.5. The second kappa shape index (κ2) is 3.85. The number of hydrogen-bond acceptors (Lipinski definition) is 4. The van der Waals surface area contributed by atoms with Crippen molar-refractivity contribution < 1.29 is 20.3 Å². The summed E-state index contributed by atoms with van der Waals surface area (Å²) in [4.78, 5) is 0. The summed E-state index contributed by atoms with van der Waals surface area (Å²) < 4.78 is 0. The Bertz CT molecular complexity index is 57.2. The van der Waals surface area contributed by atoms with Gasteiger partial charge in [-0.15, -0.1) is 0 Å². The Labute approximate surface area is 47.5 Å². The summed E-state index contributed by atoms with van der Waals surface area (Å²) in [5, 5.41) is 32.9. The summed E-state index contributed by atoms with van der Waals surface area (Å²) in [6.07, 6.45) is -0.00231. The third-order valence-electron chi connectivity index (χ3n) is 0.769. The van der Waals surface area contributed by atoms with Crippen LogP contribution in [0.1, 0.15) is 6.42 Å². The third-order valence-corrected chi connectivity index (χ3v) is 0.769. The molecule has 0 aliphatic carbocycles. The first kappa shape index (κ1) is 7.90. The molecule has 0 aromatic carbocycles. The summed E-state index contributed by atoms with van der Waals surface area (Å²) in [6.45, 7) is -0.237. The van der Waals surface area contributed by atoms with Crippen LogP contribution in [0.2, 0.25) is 0 Å². The maximum Gasteiger partial charge on any atom is 0.482 e. The lowest BCUT2D eigenvalue weighted by molar-refractivity contribution is 0.156. The van der Waals surface area contributed by atoms with Crippen molar-refractivity contribution in [1.29, 1.82) is 0 Å². The third kappa shape index (κ3) is 2.98. The Kier molecular flexibility index (Phi) is 3.81. The molecule has 0 saturated heterocycles. The highest BCUT2D eigenvalue weighted by molar-refractivity contribution is 6.42. The maximum atomic E-state index is 8.47. The largest absolute Gasteiger partial charge is 0.482 e. The van der Waals surface area contributed by atoms with Gasteiger partial charge in [-0.3, -0.25) is 0 Å². The smallest absolute Gasteiger partial charge is 0.425 e. The average molecular weight is 120 g/mol. The quantitative estimate of drug-likeness (QED) is 0.317. The Morgan fingerprint density at radius 2 is 1.88 bits per heavy atom. The van der Waals surface area contributed by atoms with Gasteiger partial charge in [-0.05, 0) is 6.42 Å². The molecule has 0 fully saturated rings. The lowest BCUT2D eigenvalue weighted by Gasteiger charge is -2.04. The van der Waals surface area contributed by atoms with E-state index < -0.39 is 13.1 Å². The minimum atomic E-state index is -1.73. The highest BCUT2D eigenvalue weighted by Gasteiger charge is 2.18. The van der Waals surface area contributed by atoms with Gasteiger partial charge in [0.2, 0.25) is 0 Å². The van der Waals surface area contributed by atoms with E-state index in [9.17, 15) is 0 Å². The van der Waals surface area contributed by atoms with E-state index in [-0.39, 0.29) is 13.0 Å². The molecule has 8 heavy (non-hydrogen) atoms. The molecule has 1 atom stereocenters. The zero-order chi connectivity index (χ0) is 6.57. The molecule has 0 amide bonds. The molecule has 0 rings (SSSR count). The monoisotopic (exact) mass is 120 g/mol. The van der Waals surface area contributed by atoms with Crippen LogP contribution in [0, 0.1) is 0 Å². The van der Waals surface area contributed by atoms with Crippen molar-refractivity contribution in [2.45, 2.75) is 12.4 Å². The summed E-state index contributed by atoms with van der Waals surface area (Å²) >= 11 is 0. The number of aliphatic hydroxyl groups excluding tert-OH is 2. The SMILES string of the molecule is OCCC(O)B(O)O. The molecule has 1 unspecified atom stereocenters. The predicted octanol–water partition coefficient (Wildman–Crippen LogP) is -2.26. The van der Waals surface area contributed by atoms with Gasteiger partial charge in [-0.1, -0.05) is 0 Å². The molecule has 48 valence electrons. The topological polar surface area (TPSA) is 80.9 Å². The van der Waals surface area contributed by atoms with Crippen molar-refractivity contribution in [2.24, 2.45) is 0 Å². The van der Waals surface area contributed by atoms with Crippen molar-refractivity contribution in [3.63, 3.8) is 0 Å². The first-order valence-corrected chi connectivity index (χ1v) is 2.33. The van der Waals surface area contributed by atoms with Gasteiger partial charge in [0.1, 0.15) is 0 Å². The molecule has 0 aromatic rings. The van der Waals surface area contributed by atoms with Crippen LogP contribution in [0.3, 0.4) is 0 Å². The van der Waals surface area contributed by atoms with Gasteiger partial charge in [-0.25, -0.2) is 0 Å². The summed E-state index contributed by atoms with van der Waals surface area (Å²) in [7, 11) is -1.73. The van der Waals surface area contributed by atoms with Crippen molar-refractivity contribution in [2.75, 3.05) is 6.61 Å². The van der Waals surface area contributed by atoms with E-state index in [4.69, 9.17) is 20.3 Å². The van der Waals surface area contributed by atoms with Gasteiger partial charge in [0, 0.05) is 6.61 Å². The Hall–Kier alpha value is -0.0951. The van der Waals surface area contributed by atoms with E-state index in [1.807, 2.05) is 0 Å². The zero-order valence-electron chi connectivity index (χ0n) is 4.36. The van der Waals surface area contributed by atoms with Crippen LogP contribution in [0.25, 0.3) is 0 Å². The van der Waals surface area contributed by atoms with Crippen molar-refractivity contribution in [1.82, 2.24) is 0 Å². The van der Waals surface area contributed by atoms with Crippen LogP contribution in [0.4, 0.5) is 0 Å². The maximum absolute atomic E-state index is 8.47. The average Bonchev–Trinajstić information content (AvgIpc) is 1.67. The van der Waals surface area contributed by atoms with Crippen molar-refractivity contribution in [3.8, 4) is 0 Å². The van der Waals surface area contributed by atoms with E-state index in [0.717, 1.165) is 0 Å². The highest BCUT2D eigenvalue weighted by atomic mass is 16.4. The fourth-order valence-corrected chi connectivity index (χ4v) is 0.281. The number of rotatable bonds is 3. The van der Waals surface area contributed by atoms with E-state index in [1.54, 1.807) is 0 Å². The molecule has 0 bridgehead atoms. The van der Waals surface area contributed by atoms with Crippen LogP contribution in [0.5, 0.6) is 0 Å². The van der Waals surface area contributed by atoms with E-state index in [2.05, 4.69) is 0 Å².